The zero-order valence-electron chi connectivity index (χ0n) is 22.0. The molecule has 0 saturated heterocycles. The molecule has 0 saturated carbocycles. The molecule has 5 heteroatoms. The van der Waals surface area contributed by atoms with E-state index in [0.717, 1.165) is 39.8 Å². The van der Waals surface area contributed by atoms with E-state index in [9.17, 15) is 0 Å². The molecule has 1 aliphatic rings. The predicted molar refractivity (Wildman–Crippen MR) is 187 cm³/mol. The average Bonchev–Trinajstić information content (AvgIpc) is 3.50. The highest BCUT2D eigenvalue weighted by molar-refractivity contribution is 9.11. The van der Waals surface area contributed by atoms with Crippen LogP contribution in [-0.4, -0.2) is 0 Å². The Bertz CT molecular complexity index is 2100. The Morgan fingerprint density at radius 1 is 0.476 bits per heavy atom. The molecular weight excluding hydrogens is 780 g/mol. The van der Waals surface area contributed by atoms with Gasteiger partial charge in [0.25, 0.3) is 0 Å². The molecule has 0 N–H and O–H groups in total. The van der Waals surface area contributed by atoms with Crippen molar-refractivity contribution in [2.24, 2.45) is 0 Å². The molecule has 1 heterocycles. The lowest BCUT2D eigenvalue weighted by atomic mass is 9.67. The molecular formula is C37H20Br4O. The molecule has 202 valence electrons. The molecule has 1 aliphatic carbocycles. The highest BCUT2D eigenvalue weighted by Gasteiger charge is 2.48. The summed E-state index contributed by atoms with van der Waals surface area (Å²) in [6.07, 6.45) is 0. The number of furan rings is 1. The first kappa shape index (κ1) is 26.7. The Labute approximate surface area is 277 Å². The van der Waals surface area contributed by atoms with Crippen molar-refractivity contribution in [1.82, 2.24) is 0 Å². The summed E-state index contributed by atoms with van der Waals surface area (Å²) in [6.45, 7) is 0. The Morgan fingerprint density at radius 3 is 1.76 bits per heavy atom. The van der Waals surface area contributed by atoms with Crippen LogP contribution in [0, 0.1) is 0 Å². The first-order valence-corrected chi connectivity index (χ1v) is 16.7. The van der Waals surface area contributed by atoms with E-state index in [2.05, 4.69) is 179 Å². The number of para-hydroxylation sites is 1. The van der Waals surface area contributed by atoms with E-state index < -0.39 is 5.41 Å². The quantitative estimate of drug-likeness (QED) is 0.173. The lowest BCUT2D eigenvalue weighted by Crippen LogP contribution is -2.29. The van der Waals surface area contributed by atoms with Crippen molar-refractivity contribution in [1.29, 1.82) is 0 Å². The molecule has 0 fully saturated rings. The highest BCUT2D eigenvalue weighted by atomic mass is 79.9. The number of benzene rings is 6. The van der Waals surface area contributed by atoms with E-state index in [1.54, 1.807) is 0 Å². The molecule has 0 radical (unpaired) electrons. The van der Waals surface area contributed by atoms with Gasteiger partial charge in [-0.15, -0.1) is 0 Å². The summed E-state index contributed by atoms with van der Waals surface area (Å²) in [5, 5.41) is 2.28. The van der Waals surface area contributed by atoms with Crippen LogP contribution in [0.1, 0.15) is 22.3 Å². The zero-order chi connectivity index (χ0) is 28.6. The fourth-order valence-electron chi connectivity index (χ4n) is 6.77. The lowest BCUT2D eigenvalue weighted by Gasteiger charge is -2.34. The van der Waals surface area contributed by atoms with Gasteiger partial charge in [-0.05, 0) is 99.1 Å². The van der Waals surface area contributed by atoms with Gasteiger partial charge in [-0.1, -0.05) is 130 Å². The standard InChI is InChI=1S/C37H20Br4O/c38-25-15-23(16-26(39)19-25)37(24-17-27(40)20-28(41)18-24)31-12-13-34-36(30-8-4-5-9-33(30)42-34)35(31)29-11-10-22(14-32(29)37)21-6-2-1-3-7-21/h1-20H. The number of rotatable bonds is 3. The molecule has 0 aliphatic heterocycles. The van der Waals surface area contributed by atoms with Gasteiger partial charge in [0.15, 0.2) is 0 Å². The number of fused-ring (bicyclic) bond motifs is 7. The van der Waals surface area contributed by atoms with E-state index in [-0.39, 0.29) is 0 Å². The average molecular weight is 800 g/mol. The van der Waals surface area contributed by atoms with Gasteiger partial charge >= 0.3 is 0 Å². The van der Waals surface area contributed by atoms with E-state index in [1.807, 2.05) is 6.07 Å². The zero-order valence-corrected chi connectivity index (χ0v) is 28.3. The number of hydrogen-bond donors (Lipinski definition) is 0. The molecule has 0 atom stereocenters. The van der Waals surface area contributed by atoms with Crippen LogP contribution in [0.4, 0.5) is 0 Å². The highest BCUT2D eigenvalue weighted by Crippen LogP contribution is 2.60. The van der Waals surface area contributed by atoms with Crippen LogP contribution in [0.5, 0.6) is 0 Å². The second kappa shape index (κ2) is 10.1. The van der Waals surface area contributed by atoms with Crippen molar-refractivity contribution in [2.75, 3.05) is 0 Å². The van der Waals surface area contributed by atoms with E-state index in [1.165, 1.54) is 44.5 Å². The van der Waals surface area contributed by atoms with E-state index in [0.29, 0.717) is 0 Å². The van der Waals surface area contributed by atoms with Crippen LogP contribution in [0.25, 0.3) is 44.2 Å². The van der Waals surface area contributed by atoms with Crippen molar-refractivity contribution < 1.29 is 4.42 Å². The van der Waals surface area contributed by atoms with Crippen LogP contribution in [0.15, 0.2) is 144 Å². The molecule has 0 amide bonds. The minimum atomic E-state index is -0.610. The summed E-state index contributed by atoms with van der Waals surface area (Å²) in [7, 11) is 0. The van der Waals surface area contributed by atoms with Crippen molar-refractivity contribution in [3.05, 3.63) is 161 Å². The predicted octanol–water partition coefficient (Wildman–Crippen LogP) is 12.7. The molecule has 6 aromatic carbocycles. The second-order valence-corrected chi connectivity index (χ2v) is 14.3. The normalized spacial score (nSPS) is 13.4. The maximum atomic E-state index is 6.41. The van der Waals surface area contributed by atoms with Gasteiger partial charge in [0.2, 0.25) is 0 Å². The topological polar surface area (TPSA) is 13.1 Å². The molecule has 1 aromatic heterocycles. The fourth-order valence-corrected chi connectivity index (χ4v) is 9.35. The maximum Gasteiger partial charge on any atom is 0.136 e. The van der Waals surface area contributed by atoms with Crippen LogP contribution in [0.3, 0.4) is 0 Å². The minimum Gasteiger partial charge on any atom is -0.456 e. The smallest absolute Gasteiger partial charge is 0.136 e. The molecule has 0 bridgehead atoms. The third-order valence-electron chi connectivity index (χ3n) is 8.34. The summed E-state index contributed by atoms with van der Waals surface area (Å²) in [5.74, 6) is 0. The summed E-state index contributed by atoms with van der Waals surface area (Å²) in [4.78, 5) is 0. The van der Waals surface area contributed by atoms with Crippen LogP contribution < -0.4 is 0 Å². The summed E-state index contributed by atoms with van der Waals surface area (Å²) >= 11 is 15.3. The van der Waals surface area contributed by atoms with Gasteiger partial charge in [-0.25, -0.2) is 0 Å². The van der Waals surface area contributed by atoms with Crippen molar-refractivity contribution >= 4 is 85.7 Å². The Morgan fingerprint density at radius 2 is 1.10 bits per heavy atom. The van der Waals surface area contributed by atoms with E-state index in [4.69, 9.17) is 4.42 Å². The SMILES string of the molecule is Brc1cc(Br)cc(C2(c3cc(Br)cc(Br)c3)c3cc(-c4ccccc4)ccc3-c3c2ccc2oc4ccccc4c32)c1. The first-order chi connectivity index (χ1) is 20.4. The van der Waals surface area contributed by atoms with Gasteiger partial charge in [-0.3, -0.25) is 0 Å². The Balaban J connectivity index is 1.60. The monoisotopic (exact) mass is 796 g/mol. The summed E-state index contributed by atoms with van der Waals surface area (Å²) in [6, 6.07) is 43.6. The van der Waals surface area contributed by atoms with Gasteiger partial charge in [0, 0.05) is 28.7 Å². The van der Waals surface area contributed by atoms with Gasteiger partial charge in [0.1, 0.15) is 11.2 Å². The van der Waals surface area contributed by atoms with Gasteiger partial charge < -0.3 is 4.42 Å². The largest absolute Gasteiger partial charge is 0.456 e. The third kappa shape index (κ3) is 3.97. The molecule has 0 unspecified atom stereocenters. The van der Waals surface area contributed by atoms with Crippen LogP contribution in [-0.2, 0) is 5.41 Å². The molecule has 42 heavy (non-hydrogen) atoms. The fraction of sp³-hybridized carbons (Fsp3) is 0.0270. The lowest BCUT2D eigenvalue weighted by molar-refractivity contribution is 0.668. The molecule has 1 nitrogen and oxygen atoms in total. The Kier molecular flexibility index (Phi) is 6.38. The third-order valence-corrected chi connectivity index (χ3v) is 10.2. The summed E-state index contributed by atoms with van der Waals surface area (Å²) < 4.78 is 10.5. The van der Waals surface area contributed by atoms with Crippen LogP contribution >= 0.6 is 63.7 Å². The molecule has 7 aromatic rings. The Hall–Kier alpha value is -2.96. The van der Waals surface area contributed by atoms with E-state index >= 15 is 0 Å². The first-order valence-electron chi connectivity index (χ1n) is 13.5. The van der Waals surface area contributed by atoms with Crippen molar-refractivity contribution in [3.63, 3.8) is 0 Å². The molecule has 0 spiro atoms. The van der Waals surface area contributed by atoms with Crippen molar-refractivity contribution in [3.8, 4) is 22.3 Å². The van der Waals surface area contributed by atoms with Gasteiger partial charge in [0.05, 0.1) is 5.41 Å². The van der Waals surface area contributed by atoms with Crippen molar-refractivity contribution in [2.45, 2.75) is 5.41 Å². The van der Waals surface area contributed by atoms with Gasteiger partial charge in [-0.2, -0.15) is 0 Å². The number of hydrogen-bond acceptors (Lipinski definition) is 1. The summed E-state index contributed by atoms with van der Waals surface area (Å²) in [5.41, 5.74) is 10.8. The maximum absolute atomic E-state index is 6.41. The number of halogens is 4. The minimum absolute atomic E-state index is 0.610. The molecule has 8 rings (SSSR count). The second-order valence-electron chi connectivity index (χ2n) is 10.7. The van der Waals surface area contributed by atoms with Crippen LogP contribution in [0.2, 0.25) is 0 Å².